The van der Waals surface area contributed by atoms with Gasteiger partial charge in [-0.15, -0.1) is 0 Å². The summed E-state index contributed by atoms with van der Waals surface area (Å²) in [5.41, 5.74) is 3.02. The first-order valence-electron chi connectivity index (χ1n) is 7.18. The van der Waals surface area contributed by atoms with Crippen molar-refractivity contribution in [2.75, 3.05) is 0 Å². The molecule has 1 N–H and O–H groups in total. The van der Waals surface area contributed by atoms with Gasteiger partial charge in [-0.3, -0.25) is 4.99 Å². The number of para-hydroxylation sites is 1. The summed E-state index contributed by atoms with van der Waals surface area (Å²) in [6.45, 7) is 10.6. The summed E-state index contributed by atoms with van der Waals surface area (Å²) in [6.07, 6.45) is 3.46. The molecule has 21 heavy (non-hydrogen) atoms. The predicted molar refractivity (Wildman–Crippen MR) is 89.6 cm³/mol. The SMILES string of the molecule is CC(=NC(C)c1ccccc1O[Si](C)(C)C)c1cnc[nH]1. The third-order valence-electron chi connectivity index (χ3n) is 3.06. The molecule has 4 nitrogen and oxygen atoms in total. The second-order valence-electron chi connectivity index (χ2n) is 6.11. The lowest BCUT2D eigenvalue weighted by Crippen LogP contribution is -2.29. The van der Waals surface area contributed by atoms with Crippen LogP contribution in [0.3, 0.4) is 0 Å². The summed E-state index contributed by atoms with van der Waals surface area (Å²) >= 11 is 0. The van der Waals surface area contributed by atoms with Crippen molar-refractivity contribution >= 4 is 14.0 Å². The van der Waals surface area contributed by atoms with Crippen molar-refractivity contribution in [2.45, 2.75) is 39.5 Å². The Hall–Kier alpha value is -1.88. The van der Waals surface area contributed by atoms with Gasteiger partial charge in [0, 0.05) is 5.56 Å². The fourth-order valence-electron chi connectivity index (χ4n) is 2.13. The highest BCUT2D eigenvalue weighted by atomic mass is 28.4. The molecule has 0 radical (unpaired) electrons. The van der Waals surface area contributed by atoms with E-state index in [1.54, 1.807) is 12.5 Å². The molecule has 0 bridgehead atoms. The van der Waals surface area contributed by atoms with Gasteiger partial charge in [-0.1, -0.05) is 18.2 Å². The Labute approximate surface area is 127 Å². The number of nitrogens with zero attached hydrogens (tertiary/aromatic N) is 2. The van der Waals surface area contributed by atoms with Crippen LogP contribution in [0.15, 0.2) is 41.8 Å². The number of rotatable bonds is 5. The van der Waals surface area contributed by atoms with E-state index < -0.39 is 8.32 Å². The molecule has 0 aliphatic carbocycles. The standard InChI is InChI=1S/C16H23N3OSi/c1-12(19-13(2)15-10-17-11-18-15)14-8-6-7-9-16(14)20-21(3,4)5/h6-12H,1-5H3,(H,17,18). The van der Waals surface area contributed by atoms with Crippen molar-refractivity contribution in [1.82, 2.24) is 9.97 Å². The minimum atomic E-state index is -1.63. The number of hydrogen-bond donors (Lipinski definition) is 1. The molecular weight excluding hydrogens is 278 g/mol. The molecule has 0 aliphatic rings. The number of aromatic amines is 1. The summed E-state index contributed by atoms with van der Waals surface area (Å²) in [5.74, 6) is 0.949. The Kier molecular flexibility index (Phi) is 4.62. The molecule has 5 heteroatoms. The Morgan fingerprint density at radius 2 is 2.00 bits per heavy atom. The molecule has 1 aromatic heterocycles. The number of benzene rings is 1. The number of H-pyrrole nitrogens is 1. The maximum Gasteiger partial charge on any atom is 0.242 e. The fourth-order valence-corrected chi connectivity index (χ4v) is 2.98. The molecular formula is C16H23N3OSi. The lowest BCUT2D eigenvalue weighted by atomic mass is 10.1. The minimum absolute atomic E-state index is 0.0425. The molecule has 0 amide bonds. The van der Waals surface area contributed by atoms with E-state index in [9.17, 15) is 0 Å². The Morgan fingerprint density at radius 3 is 2.62 bits per heavy atom. The average molecular weight is 301 g/mol. The normalized spacial score (nSPS) is 14.0. The first kappa shape index (κ1) is 15.5. The predicted octanol–water partition coefficient (Wildman–Crippen LogP) is 4.19. The Bertz CT molecular complexity index is 615. The van der Waals surface area contributed by atoms with Gasteiger partial charge >= 0.3 is 0 Å². The monoisotopic (exact) mass is 301 g/mol. The van der Waals surface area contributed by atoms with E-state index in [1.165, 1.54) is 0 Å². The third kappa shape index (κ3) is 4.29. The van der Waals surface area contributed by atoms with Crippen LogP contribution >= 0.6 is 0 Å². The van der Waals surface area contributed by atoms with Crippen molar-refractivity contribution in [3.05, 3.63) is 48.0 Å². The molecule has 0 saturated carbocycles. The Balaban J connectivity index is 2.27. The second-order valence-corrected chi connectivity index (χ2v) is 10.5. The van der Waals surface area contributed by atoms with Gasteiger partial charge in [-0.25, -0.2) is 4.98 Å². The van der Waals surface area contributed by atoms with Gasteiger partial charge < -0.3 is 9.41 Å². The van der Waals surface area contributed by atoms with Crippen molar-refractivity contribution in [2.24, 2.45) is 4.99 Å². The zero-order valence-electron chi connectivity index (χ0n) is 13.3. The van der Waals surface area contributed by atoms with Crippen LogP contribution in [0.2, 0.25) is 19.6 Å². The first-order chi connectivity index (χ1) is 9.87. The van der Waals surface area contributed by atoms with Crippen LogP contribution in [0.4, 0.5) is 0 Å². The Morgan fingerprint density at radius 1 is 1.29 bits per heavy atom. The maximum atomic E-state index is 6.18. The lowest BCUT2D eigenvalue weighted by Gasteiger charge is -2.23. The van der Waals surface area contributed by atoms with Gasteiger partial charge in [0.1, 0.15) is 5.75 Å². The summed E-state index contributed by atoms with van der Waals surface area (Å²) in [7, 11) is -1.63. The largest absolute Gasteiger partial charge is 0.544 e. The van der Waals surface area contributed by atoms with Crippen molar-refractivity contribution in [3.8, 4) is 5.75 Å². The van der Waals surface area contributed by atoms with Gasteiger partial charge in [-0.2, -0.15) is 0 Å². The summed E-state index contributed by atoms with van der Waals surface area (Å²) in [5, 5.41) is 0. The fraction of sp³-hybridized carbons (Fsp3) is 0.375. The van der Waals surface area contributed by atoms with E-state index in [0.29, 0.717) is 0 Å². The highest BCUT2D eigenvalue weighted by Gasteiger charge is 2.19. The van der Waals surface area contributed by atoms with Crippen molar-refractivity contribution in [1.29, 1.82) is 0 Å². The molecule has 0 saturated heterocycles. The van der Waals surface area contributed by atoms with Crippen LogP contribution in [-0.4, -0.2) is 24.0 Å². The van der Waals surface area contributed by atoms with E-state index in [0.717, 1.165) is 22.7 Å². The topological polar surface area (TPSA) is 50.3 Å². The van der Waals surface area contributed by atoms with Crippen molar-refractivity contribution < 1.29 is 4.43 Å². The van der Waals surface area contributed by atoms with E-state index in [4.69, 9.17) is 9.42 Å². The van der Waals surface area contributed by atoms with Crippen LogP contribution < -0.4 is 4.43 Å². The number of imidazole rings is 1. The number of nitrogens with one attached hydrogen (secondary N) is 1. The molecule has 0 fully saturated rings. The molecule has 1 aromatic carbocycles. The molecule has 112 valence electrons. The van der Waals surface area contributed by atoms with Crippen molar-refractivity contribution in [3.63, 3.8) is 0 Å². The molecule has 0 spiro atoms. The first-order valence-corrected chi connectivity index (χ1v) is 10.6. The molecule has 1 heterocycles. The second kappa shape index (κ2) is 6.26. The molecule has 0 aliphatic heterocycles. The zero-order chi connectivity index (χ0) is 15.5. The van der Waals surface area contributed by atoms with Crippen LogP contribution in [0.1, 0.15) is 31.1 Å². The van der Waals surface area contributed by atoms with Gasteiger partial charge in [0.25, 0.3) is 0 Å². The molecule has 1 unspecified atom stereocenters. The van der Waals surface area contributed by atoms with Gasteiger partial charge in [0.15, 0.2) is 0 Å². The van der Waals surface area contributed by atoms with Gasteiger partial charge in [0.2, 0.25) is 8.32 Å². The zero-order valence-corrected chi connectivity index (χ0v) is 14.3. The van der Waals surface area contributed by atoms with Gasteiger partial charge in [-0.05, 0) is 39.6 Å². The van der Waals surface area contributed by atoms with Crippen LogP contribution in [0, 0.1) is 0 Å². The summed E-state index contributed by atoms with van der Waals surface area (Å²) < 4.78 is 6.18. The van der Waals surface area contributed by atoms with Crippen LogP contribution in [0.5, 0.6) is 5.75 Å². The van der Waals surface area contributed by atoms with Crippen LogP contribution in [0.25, 0.3) is 0 Å². The lowest BCUT2D eigenvalue weighted by molar-refractivity contribution is 0.543. The average Bonchev–Trinajstić information content (AvgIpc) is 2.91. The van der Waals surface area contributed by atoms with E-state index in [-0.39, 0.29) is 6.04 Å². The van der Waals surface area contributed by atoms with E-state index >= 15 is 0 Å². The highest BCUT2D eigenvalue weighted by Crippen LogP contribution is 2.29. The molecule has 1 atom stereocenters. The quantitative estimate of drug-likeness (QED) is 0.665. The molecule has 2 rings (SSSR count). The van der Waals surface area contributed by atoms with Gasteiger partial charge in [0.05, 0.1) is 30.0 Å². The van der Waals surface area contributed by atoms with E-state index in [1.807, 2.05) is 25.1 Å². The summed E-state index contributed by atoms with van der Waals surface area (Å²) in [6, 6.07) is 8.21. The number of hydrogen-bond acceptors (Lipinski definition) is 3. The third-order valence-corrected chi connectivity index (χ3v) is 3.89. The highest BCUT2D eigenvalue weighted by molar-refractivity contribution is 6.70. The summed E-state index contributed by atoms with van der Waals surface area (Å²) in [4.78, 5) is 11.9. The van der Waals surface area contributed by atoms with Crippen LogP contribution in [-0.2, 0) is 0 Å². The number of aromatic nitrogens is 2. The minimum Gasteiger partial charge on any atom is -0.544 e. The maximum absolute atomic E-state index is 6.18. The smallest absolute Gasteiger partial charge is 0.242 e. The number of aliphatic imine (C=N–C) groups is 1. The molecule has 2 aromatic rings. The van der Waals surface area contributed by atoms with E-state index in [2.05, 4.69) is 42.6 Å².